The first-order chi connectivity index (χ1) is 15.0. The second-order valence-corrected chi connectivity index (χ2v) is 6.95. The van der Waals surface area contributed by atoms with Gasteiger partial charge in [-0.15, -0.1) is 0 Å². The Morgan fingerprint density at radius 2 is 1.87 bits per heavy atom. The molecule has 1 atom stereocenters. The highest BCUT2D eigenvalue weighted by Crippen LogP contribution is 2.37. The molecule has 1 heterocycles. The summed E-state index contributed by atoms with van der Waals surface area (Å²) >= 11 is 0. The molecule has 1 unspecified atom stereocenters. The molecule has 1 aliphatic heterocycles. The summed E-state index contributed by atoms with van der Waals surface area (Å²) < 4.78 is 15.6. The van der Waals surface area contributed by atoms with E-state index in [9.17, 15) is 14.9 Å². The Bertz CT molecular complexity index is 1210. The number of nitro benzene ring substituents is 1. The van der Waals surface area contributed by atoms with Crippen LogP contribution in [0.3, 0.4) is 0 Å². The van der Waals surface area contributed by atoms with Crippen LogP contribution in [-0.4, -0.2) is 30.9 Å². The molecule has 0 aromatic heterocycles. The van der Waals surface area contributed by atoms with Gasteiger partial charge < -0.3 is 14.2 Å². The van der Waals surface area contributed by atoms with Crippen molar-refractivity contribution in [3.8, 4) is 17.2 Å². The fourth-order valence-corrected chi connectivity index (χ4v) is 3.26. The maximum absolute atomic E-state index is 12.6. The van der Waals surface area contributed by atoms with Crippen molar-refractivity contribution >= 4 is 28.6 Å². The van der Waals surface area contributed by atoms with E-state index in [2.05, 4.69) is 10.5 Å². The van der Waals surface area contributed by atoms with Gasteiger partial charge in [0.15, 0.2) is 11.5 Å². The predicted molar refractivity (Wildman–Crippen MR) is 114 cm³/mol. The van der Waals surface area contributed by atoms with Crippen LogP contribution in [0.1, 0.15) is 24.0 Å². The van der Waals surface area contributed by atoms with Crippen LogP contribution in [0.4, 0.5) is 5.69 Å². The van der Waals surface area contributed by atoms with Gasteiger partial charge in [0.25, 0.3) is 5.69 Å². The average molecular weight is 421 g/mol. The SMILES string of the molecule is COc1ccc2cc(C(C)C(=O)N/N=C/c3cc4c(cc3[N+](=O)[O-])OCO4)ccc2c1. The number of hydrogen-bond acceptors (Lipinski definition) is 7. The molecule has 4 rings (SSSR count). The van der Waals surface area contributed by atoms with Gasteiger partial charge in [-0.3, -0.25) is 14.9 Å². The molecular formula is C22H19N3O6. The Balaban J connectivity index is 1.49. The Labute approximate surface area is 177 Å². The van der Waals surface area contributed by atoms with E-state index in [1.54, 1.807) is 14.0 Å². The lowest BCUT2D eigenvalue weighted by Crippen LogP contribution is -2.23. The normalized spacial score (nSPS) is 13.4. The standard InChI is InChI=1S/C22H19N3O6/c1-13(14-3-4-16-8-18(29-2)6-5-15(16)7-14)22(26)24-23-11-17-9-20-21(31-12-30-20)10-19(17)25(27)28/h3-11,13H,12H2,1-2H3,(H,24,26)/b23-11+. The first kappa shape index (κ1) is 20.1. The van der Waals surface area contributed by atoms with Gasteiger partial charge in [-0.2, -0.15) is 5.10 Å². The maximum Gasteiger partial charge on any atom is 0.282 e. The Kier molecular flexibility index (Phi) is 5.40. The van der Waals surface area contributed by atoms with Crippen LogP contribution in [0, 0.1) is 10.1 Å². The second-order valence-electron chi connectivity index (χ2n) is 6.95. The number of amides is 1. The lowest BCUT2D eigenvalue weighted by Gasteiger charge is -2.11. The molecule has 3 aromatic carbocycles. The van der Waals surface area contributed by atoms with Crippen molar-refractivity contribution in [1.82, 2.24) is 5.43 Å². The molecule has 31 heavy (non-hydrogen) atoms. The van der Waals surface area contributed by atoms with E-state index in [1.165, 1.54) is 18.3 Å². The molecule has 0 radical (unpaired) electrons. The van der Waals surface area contributed by atoms with Crippen molar-refractivity contribution < 1.29 is 23.9 Å². The number of ether oxygens (including phenoxy) is 3. The minimum atomic E-state index is -0.544. The number of hydrazone groups is 1. The second kappa shape index (κ2) is 8.31. The van der Waals surface area contributed by atoms with E-state index in [0.717, 1.165) is 22.1 Å². The van der Waals surface area contributed by atoms with Crippen molar-refractivity contribution in [2.45, 2.75) is 12.8 Å². The van der Waals surface area contributed by atoms with Gasteiger partial charge in [-0.05, 0) is 41.5 Å². The number of methoxy groups -OCH3 is 1. The van der Waals surface area contributed by atoms with E-state index in [4.69, 9.17) is 14.2 Å². The summed E-state index contributed by atoms with van der Waals surface area (Å²) in [5.74, 6) is 0.635. The molecular weight excluding hydrogens is 402 g/mol. The topological polar surface area (TPSA) is 112 Å². The number of nitro groups is 1. The van der Waals surface area contributed by atoms with E-state index in [-0.39, 0.29) is 24.0 Å². The zero-order valence-corrected chi connectivity index (χ0v) is 16.8. The minimum absolute atomic E-state index is 0.000125. The highest BCUT2D eigenvalue weighted by atomic mass is 16.7. The van der Waals surface area contributed by atoms with Gasteiger partial charge >= 0.3 is 0 Å². The third-order valence-corrected chi connectivity index (χ3v) is 5.06. The largest absolute Gasteiger partial charge is 0.497 e. The molecule has 1 N–H and O–H groups in total. The number of rotatable bonds is 6. The van der Waals surface area contributed by atoms with E-state index in [0.29, 0.717) is 11.5 Å². The quantitative estimate of drug-likeness (QED) is 0.369. The van der Waals surface area contributed by atoms with Crippen LogP contribution < -0.4 is 19.6 Å². The molecule has 3 aromatic rings. The molecule has 0 saturated carbocycles. The lowest BCUT2D eigenvalue weighted by atomic mass is 9.97. The summed E-state index contributed by atoms with van der Waals surface area (Å²) in [4.78, 5) is 23.3. The third-order valence-electron chi connectivity index (χ3n) is 5.06. The van der Waals surface area contributed by atoms with E-state index >= 15 is 0 Å². The van der Waals surface area contributed by atoms with Crippen molar-refractivity contribution in [2.75, 3.05) is 13.9 Å². The van der Waals surface area contributed by atoms with Gasteiger partial charge in [0.1, 0.15) is 5.75 Å². The Morgan fingerprint density at radius 1 is 1.16 bits per heavy atom. The number of nitrogens with one attached hydrogen (secondary N) is 1. The van der Waals surface area contributed by atoms with Crippen molar-refractivity contribution in [3.05, 3.63) is 69.8 Å². The lowest BCUT2D eigenvalue weighted by molar-refractivity contribution is -0.385. The Hall–Kier alpha value is -4.14. The van der Waals surface area contributed by atoms with E-state index in [1.807, 2.05) is 36.4 Å². The zero-order chi connectivity index (χ0) is 22.0. The Morgan fingerprint density at radius 3 is 2.61 bits per heavy atom. The number of hydrogen-bond donors (Lipinski definition) is 1. The van der Waals surface area contributed by atoms with Gasteiger partial charge in [0, 0.05) is 0 Å². The molecule has 0 saturated heterocycles. The van der Waals surface area contributed by atoms with Crippen LogP contribution in [-0.2, 0) is 4.79 Å². The molecule has 0 bridgehead atoms. The molecule has 1 amide bonds. The van der Waals surface area contributed by atoms with Gasteiger partial charge in [-0.25, -0.2) is 5.43 Å². The fourth-order valence-electron chi connectivity index (χ4n) is 3.26. The van der Waals surface area contributed by atoms with Gasteiger partial charge in [0.2, 0.25) is 12.7 Å². The molecule has 1 aliphatic rings. The number of carbonyl (C=O) groups excluding carboxylic acids is 1. The van der Waals surface area contributed by atoms with Crippen LogP contribution in [0.2, 0.25) is 0 Å². The summed E-state index contributed by atoms with van der Waals surface area (Å²) in [7, 11) is 1.61. The smallest absolute Gasteiger partial charge is 0.282 e. The third kappa shape index (κ3) is 4.11. The highest BCUT2D eigenvalue weighted by Gasteiger charge is 2.22. The summed E-state index contributed by atoms with van der Waals surface area (Å²) in [5.41, 5.74) is 3.27. The van der Waals surface area contributed by atoms with Crippen LogP contribution in [0.25, 0.3) is 10.8 Å². The average Bonchev–Trinajstić information content (AvgIpc) is 3.24. The molecule has 9 nitrogen and oxygen atoms in total. The van der Waals surface area contributed by atoms with Crippen molar-refractivity contribution in [1.29, 1.82) is 0 Å². The first-order valence-electron chi connectivity index (χ1n) is 9.45. The number of fused-ring (bicyclic) bond motifs is 2. The van der Waals surface area contributed by atoms with E-state index < -0.39 is 10.8 Å². The van der Waals surface area contributed by atoms with Crippen molar-refractivity contribution in [2.24, 2.45) is 5.10 Å². The highest BCUT2D eigenvalue weighted by molar-refractivity contribution is 5.90. The summed E-state index contributed by atoms with van der Waals surface area (Å²) in [6.45, 7) is 1.76. The van der Waals surface area contributed by atoms with Crippen LogP contribution in [0.5, 0.6) is 17.2 Å². The number of carbonyl (C=O) groups is 1. The van der Waals surface area contributed by atoms with Crippen molar-refractivity contribution in [3.63, 3.8) is 0 Å². The monoisotopic (exact) mass is 421 g/mol. The molecule has 0 spiro atoms. The molecule has 158 valence electrons. The van der Waals surface area contributed by atoms with Crippen LogP contribution >= 0.6 is 0 Å². The predicted octanol–water partition coefficient (Wildman–Crippen LogP) is 3.74. The summed E-state index contributed by atoms with van der Waals surface area (Å²) in [5, 5.41) is 17.2. The van der Waals surface area contributed by atoms with Crippen LogP contribution in [0.15, 0.2) is 53.6 Å². The molecule has 9 heteroatoms. The van der Waals surface area contributed by atoms with Gasteiger partial charge in [0.05, 0.1) is 35.8 Å². The maximum atomic E-state index is 12.6. The summed E-state index contributed by atoms with van der Waals surface area (Å²) in [6, 6.07) is 14.2. The van der Waals surface area contributed by atoms with Gasteiger partial charge in [-0.1, -0.05) is 24.3 Å². The molecule has 0 fully saturated rings. The minimum Gasteiger partial charge on any atom is -0.497 e. The first-order valence-corrected chi connectivity index (χ1v) is 9.45. The fraction of sp³-hybridized carbons (Fsp3) is 0.182. The zero-order valence-electron chi connectivity index (χ0n) is 16.8. The summed E-state index contributed by atoms with van der Waals surface area (Å²) in [6.07, 6.45) is 1.22. The molecule has 0 aliphatic carbocycles. The number of nitrogens with zero attached hydrogens (tertiary/aromatic N) is 2. The number of benzene rings is 3.